The van der Waals surface area contributed by atoms with Crippen molar-refractivity contribution in [3.8, 4) is 11.4 Å². The Morgan fingerprint density at radius 1 is 1.23 bits per heavy atom. The summed E-state index contributed by atoms with van der Waals surface area (Å²) >= 11 is 1.58. The number of nitrogens with zero attached hydrogens (tertiary/aromatic N) is 7. The maximum atomic E-state index is 15.1. The van der Waals surface area contributed by atoms with Crippen molar-refractivity contribution in [3.05, 3.63) is 71.8 Å². The number of halogens is 2. The molecule has 2 N–H and O–H groups in total. The van der Waals surface area contributed by atoms with Gasteiger partial charge in [-0.15, -0.1) is 10.2 Å². The van der Waals surface area contributed by atoms with Crippen LogP contribution in [0.4, 0.5) is 8.78 Å². The van der Waals surface area contributed by atoms with Crippen LogP contribution in [-0.2, 0) is 11.4 Å². The molecule has 5 rings (SSSR count). The number of amides is 1. The van der Waals surface area contributed by atoms with E-state index >= 15 is 8.78 Å². The number of rotatable bonds is 11. The lowest BCUT2D eigenvalue weighted by Gasteiger charge is -2.32. The number of hydrazone groups is 1. The molecule has 1 aliphatic carbocycles. The zero-order valence-corrected chi connectivity index (χ0v) is 24.6. The van der Waals surface area contributed by atoms with Crippen molar-refractivity contribution in [1.82, 2.24) is 35.0 Å². The van der Waals surface area contributed by atoms with E-state index in [4.69, 9.17) is 10.1 Å². The van der Waals surface area contributed by atoms with E-state index < -0.39 is 11.6 Å². The molecule has 1 atom stereocenters. The van der Waals surface area contributed by atoms with Crippen LogP contribution in [0.25, 0.3) is 5.69 Å². The van der Waals surface area contributed by atoms with Crippen LogP contribution in [0, 0.1) is 17.0 Å². The van der Waals surface area contributed by atoms with Crippen LogP contribution >= 0.6 is 11.8 Å². The van der Waals surface area contributed by atoms with Gasteiger partial charge in [-0.05, 0) is 44.5 Å². The molecule has 2 aliphatic rings. The predicted octanol–water partition coefficient (Wildman–Crippen LogP) is 3.44. The number of ether oxygens (including phenoxy) is 1. The van der Waals surface area contributed by atoms with E-state index in [1.165, 1.54) is 0 Å². The van der Waals surface area contributed by atoms with Gasteiger partial charge in [-0.25, -0.2) is 8.78 Å². The molecule has 1 aromatic carbocycles. The molecule has 1 aliphatic heterocycles. The van der Waals surface area contributed by atoms with Crippen LogP contribution in [0.1, 0.15) is 30.7 Å². The van der Waals surface area contributed by atoms with Gasteiger partial charge in [0.25, 0.3) is 0 Å². The molecule has 11 nitrogen and oxygen atoms in total. The number of likely N-dealkylation sites (N-methyl/N-ethyl adjacent to an activating group) is 1. The highest BCUT2D eigenvalue weighted by Gasteiger charge is 2.22. The fourth-order valence-corrected chi connectivity index (χ4v) is 5.89. The second-order valence-corrected chi connectivity index (χ2v) is 11.4. The molecule has 3 aromatic rings. The fraction of sp³-hybridized carbons (Fsp3) is 0.379. The molecule has 43 heavy (non-hydrogen) atoms. The average molecular weight is 610 g/mol. The van der Waals surface area contributed by atoms with Crippen LogP contribution in [0.5, 0.6) is 5.75 Å². The van der Waals surface area contributed by atoms with Crippen molar-refractivity contribution >= 4 is 29.6 Å². The summed E-state index contributed by atoms with van der Waals surface area (Å²) in [5, 5.41) is 21.2. The highest BCUT2D eigenvalue weighted by molar-refractivity contribution is 7.99. The number of carbonyl (C=O) groups is 1. The Labute approximate surface area is 252 Å². The van der Waals surface area contributed by atoms with Gasteiger partial charge in [0.1, 0.15) is 24.7 Å². The first-order valence-electron chi connectivity index (χ1n) is 14.0. The van der Waals surface area contributed by atoms with Crippen LogP contribution in [0.15, 0.2) is 59.1 Å². The largest absolute Gasteiger partial charge is 0.482 e. The lowest BCUT2D eigenvalue weighted by Crippen LogP contribution is -2.49. The third-order valence-corrected chi connectivity index (χ3v) is 8.32. The number of piperazine rings is 1. The minimum Gasteiger partial charge on any atom is -0.482 e. The Balaban J connectivity index is 1.28. The van der Waals surface area contributed by atoms with Gasteiger partial charge in [-0.3, -0.25) is 19.8 Å². The van der Waals surface area contributed by atoms with Gasteiger partial charge < -0.3 is 19.9 Å². The maximum absolute atomic E-state index is 15.1. The first kappa shape index (κ1) is 30.3. The molecule has 3 heterocycles. The topological polar surface area (TPSA) is 125 Å². The van der Waals surface area contributed by atoms with E-state index in [-0.39, 0.29) is 41.3 Å². The Morgan fingerprint density at radius 2 is 2.07 bits per heavy atom. The van der Waals surface area contributed by atoms with Crippen molar-refractivity contribution in [3.63, 3.8) is 0 Å². The third-order valence-electron chi connectivity index (χ3n) is 7.15. The second kappa shape index (κ2) is 14.3. The molecule has 1 unspecified atom stereocenters. The van der Waals surface area contributed by atoms with Crippen LogP contribution in [-0.4, -0.2) is 92.4 Å². The quantitative estimate of drug-likeness (QED) is 0.193. The summed E-state index contributed by atoms with van der Waals surface area (Å²) in [7, 11) is 1.99. The fourth-order valence-electron chi connectivity index (χ4n) is 4.74. The molecule has 0 radical (unpaired) electrons. The van der Waals surface area contributed by atoms with Crippen molar-refractivity contribution in [2.24, 2.45) is 5.10 Å². The number of nitrogens with one attached hydrogen (secondary N) is 2. The Kier molecular flexibility index (Phi) is 10.1. The lowest BCUT2D eigenvalue weighted by molar-refractivity contribution is -0.131. The van der Waals surface area contributed by atoms with E-state index in [1.807, 2.05) is 13.1 Å². The summed E-state index contributed by atoms with van der Waals surface area (Å²) in [4.78, 5) is 20.5. The summed E-state index contributed by atoms with van der Waals surface area (Å²) in [6.45, 7) is 2.47. The Bertz CT molecular complexity index is 1490. The first-order valence-corrected chi connectivity index (χ1v) is 14.9. The van der Waals surface area contributed by atoms with Gasteiger partial charge in [0.05, 0.1) is 11.9 Å². The van der Waals surface area contributed by atoms with Crippen molar-refractivity contribution in [2.75, 3.05) is 39.8 Å². The SMILES string of the molecule is CN1CCN(C(=O)CN/N=C(\C=N)c2cc(F)c(OCc3nnc(SC4C=CCCC4)n3-c3cccnc3)cc2F)CC1. The number of thioether (sulfide) groups is 1. The molecular formula is C29H33F2N9O2S. The molecule has 0 saturated carbocycles. The van der Waals surface area contributed by atoms with E-state index in [2.05, 4.69) is 42.8 Å². The van der Waals surface area contributed by atoms with Gasteiger partial charge in [0.15, 0.2) is 22.5 Å². The van der Waals surface area contributed by atoms with E-state index in [1.54, 1.807) is 39.7 Å². The van der Waals surface area contributed by atoms with E-state index in [0.29, 0.717) is 24.1 Å². The molecule has 1 fully saturated rings. The number of allylic oxidation sites excluding steroid dienone is 1. The number of pyridine rings is 1. The minimum absolute atomic E-state index is 0.124. The molecule has 1 amide bonds. The van der Waals surface area contributed by atoms with E-state index in [9.17, 15) is 4.79 Å². The number of benzene rings is 1. The number of carbonyl (C=O) groups excluding carboxylic acids is 1. The third kappa shape index (κ3) is 7.62. The van der Waals surface area contributed by atoms with Crippen molar-refractivity contribution in [1.29, 1.82) is 5.41 Å². The van der Waals surface area contributed by atoms with Gasteiger partial charge in [0, 0.05) is 55.5 Å². The normalized spacial score (nSPS) is 17.6. The standard InChI is InChI=1S/C29H33F2N9O2S/c1-38-10-12-39(13-11-38)28(41)18-34-35-25(16-32)22-14-24(31)26(15-23(22)30)42-19-27-36-37-29(43-21-7-3-2-4-8-21)40(27)20-6-5-9-33-17-20/h3,5-7,9,14-17,21,32,34H,2,4,8,10-13,18-19H2,1H3/b32-16?,35-25+. The smallest absolute Gasteiger partial charge is 0.243 e. The maximum Gasteiger partial charge on any atom is 0.243 e. The predicted molar refractivity (Wildman–Crippen MR) is 160 cm³/mol. The van der Waals surface area contributed by atoms with Crippen molar-refractivity contribution < 1.29 is 18.3 Å². The van der Waals surface area contributed by atoms with Crippen LogP contribution in [0.3, 0.4) is 0 Å². The molecule has 1 saturated heterocycles. The zero-order valence-electron chi connectivity index (χ0n) is 23.7. The molecule has 2 aromatic heterocycles. The number of hydrogen-bond donors (Lipinski definition) is 2. The number of hydrogen-bond acceptors (Lipinski definition) is 10. The van der Waals surface area contributed by atoms with E-state index in [0.717, 1.165) is 56.4 Å². The van der Waals surface area contributed by atoms with Gasteiger partial charge >= 0.3 is 0 Å². The summed E-state index contributed by atoms with van der Waals surface area (Å²) in [5.74, 6) is -1.76. The zero-order chi connectivity index (χ0) is 30.2. The van der Waals surface area contributed by atoms with Gasteiger partial charge in [-0.1, -0.05) is 23.9 Å². The lowest BCUT2D eigenvalue weighted by atomic mass is 10.1. The summed E-state index contributed by atoms with van der Waals surface area (Å²) < 4.78 is 37.7. The Hall–Kier alpha value is -4.17. The van der Waals surface area contributed by atoms with Crippen LogP contribution in [0.2, 0.25) is 0 Å². The van der Waals surface area contributed by atoms with Gasteiger partial charge in [-0.2, -0.15) is 5.10 Å². The Morgan fingerprint density at radius 3 is 2.79 bits per heavy atom. The van der Waals surface area contributed by atoms with Crippen LogP contribution < -0.4 is 10.2 Å². The van der Waals surface area contributed by atoms with Gasteiger partial charge in [0.2, 0.25) is 5.91 Å². The first-order chi connectivity index (χ1) is 20.9. The molecular weight excluding hydrogens is 576 g/mol. The molecule has 0 spiro atoms. The molecule has 0 bridgehead atoms. The highest BCUT2D eigenvalue weighted by atomic mass is 32.2. The summed E-state index contributed by atoms with van der Waals surface area (Å²) in [5.41, 5.74) is 2.91. The highest BCUT2D eigenvalue weighted by Crippen LogP contribution is 2.31. The summed E-state index contributed by atoms with van der Waals surface area (Å²) in [6.07, 6.45) is 11.6. The number of aromatic nitrogens is 4. The minimum atomic E-state index is -0.839. The monoisotopic (exact) mass is 609 g/mol. The average Bonchev–Trinajstić information content (AvgIpc) is 3.43. The molecule has 14 heteroatoms. The van der Waals surface area contributed by atoms with Crippen molar-refractivity contribution in [2.45, 2.75) is 36.3 Å². The summed E-state index contributed by atoms with van der Waals surface area (Å²) in [6, 6.07) is 5.48. The molecule has 226 valence electrons. The second-order valence-electron chi connectivity index (χ2n) is 10.2.